The van der Waals surface area contributed by atoms with Gasteiger partial charge in [-0.1, -0.05) is 5.16 Å². The first-order valence-electron chi connectivity index (χ1n) is 6.29. The second-order valence-corrected chi connectivity index (χ2v) is 4.79. The Morgan fingerprint density at radius 1 is 1.72 bits per heavy atom. The van der Waals surface area contributed by atoms with E-state index in [2.05, 4.69) is 20.7 Å². The summed E-state index contributed by atoms with van der Waals surface area (Å²) in [5.74, 6) is 1.11. The first kappa shape index (κ1) is 13.0. The van der Waals surface area contributed by atoms with E-state index in [1.165, 1.54) is 6.42 Å². The highest BCUT2D eigenvalue weighted by Crippen LogP contribution is 2.09. The third kappa shape index (κ3) is 3.54. The van der Waals surface area contributed by atoms with Crippen LogP contribution in [0.3, 0.4) is 0 Å². The van der Waals surface area contributed by atoms with Crippen LogP contribution in [0.25, 0.3) is 0 Å². The predicted octanol–water partition coefficient (Wildman–Crippen LogP) is 0.605. The van der Waals surface area contributed by atoms with E-state index in [1.54, 1.807) is 13.0 Å². The summed E-state index contributed by atoms with van der Waals surface area (Å²) in [6.07, 6.45) is 2.30. The molecular weight excluding hydrogens is 232 g/mol. The van der Waals surface area contributed by atoms with Crippen molar-refractivity contribution < 1.29 is 9.32 Å². The number of amides is 1. The molecule has 0 spiro atoms. The molecule has 0 saturated carbocycles. The molecule has 0 radical (unpaired) electrons. The van der Waals surface area contributed by atoms with Gasteiger partial charge in [0.2, 0.25) is 5.91 Å². The smallest absolute Gasteiger partial charge is 0.239 e. The Bertz CT molecular complexity index is 399. The average molecular weight is 252 g/mol. The van der Waals surface area contributed by atoms with Gasteiger partial charge in [-0.15, -0.1) is 0 Å². The molecule has 18 heavy (non-hydrogen) atoms. The second-order valence-electron chi connectivity index (χ2n) is 4.79. The standard InChI is InChI=1S/C12H20N4O2/c1-9-6-11(15-18-9)14-12(17)8-16(2)10-4-3-5-13-7-10/h6,10,13H,3-5,7-8H2,1-2H3,(H,14,15,17). The number of hydrogen-bond acceptors (Lipinski definition) is 5. The fraction of sp³-hybridized carbons (Fsp3) is 0.667. The summed E-state index contributed by atoms with van der Waals surface area (Å²) in [5, 5.41) is 9.81. The third-order valence-corrected chi connectivity index (χ3v) is 3.18. The molecule has 1 aromatic heterocycles. The van der Waals surface area contributed by atoms with E-state index >= 15 is 0 Å². The molecule has 2 N–H and O–H groups in total. The number of likely N-dealkylation sites (N-methyl/N-ethyl adjacent to an activating group) is 1. The van der Waals surface area contributed by atoms with Crippen LogP contribution in [0.1, 0.15) is 18.6 Å². The summed E-state index contributed by atoms with van der Waals surface area (Å²) in [6, 6.07) is 2.14. The number of anilines is 1. The highest BCUT2D eigenvalue weighted by atomic mass is 16.5. The number of aromatic nitrogens is 1. The fourth-order valence-electron chi connectivity index (χ4n) is 2.17. The lowest BCUT2D eigenvalue weighted by molar-refractivity contribution is -0.117. The summed E-state index contributed by atoms with van der Waals surface area (Å²) in [7, 11) is 1.98. The van der Waals surface area contributed by atoms with Gasteiger partial charge < -0.3 is 15.2 Å². The van der Waals surface area contributed by atoms with Crippen LogP contribution in [0.5, 0.6) is 0 Å². The highest BCUT2D eigenvalue weighted by molar-refractivity contribution is 5.91. The molecule has 6 nitrogen and oxygen atoms in total. The molecule has 1 aliphatic heterocycles. The van der Waals surface area contributed by atoms with Crippen LogP contribution in [-0.4, -0.2) is 48.7 Å². The Balaban J connectivity index is 1.79. The quantitative estimate of drug-likeness (QED) is 0.821. The third-order valence-electron chi connectivity index (χ3n) is 3.18. The van der Waals surface area contributed by atoms with Crippen LogP contribution in [0.2, 0.25) is 0 Å². The number of nitrogens with one attached hydrogen (secondary N) is 2. The van der Waals surface area contributed by atoms with E-state index in [0.717, 1.165) is 19.5 Å². The summed E-state index contributed by atoms with van der Waals surface area (Å²) in [6.45, 7) is 4.20. The van der Waals surface area contributed by atoms with Gasteiger partial charge in [0.15, 0.2) is 5.82 Å². The SMILES string of the molecule is Cc1cc(NC(=O)CN(C)C2CCCNC2)no1. The van der Waals surface area contributed by atoms with Crippen molar-refractivity contribution in [2.45, 2.75) is 25.8 Å². The largest absolute Gasteiger partial charge is 0.360 e. The molecule has 6 heteroatoms. The molecule has 1 fully saturated rings. The molecule has 1 saturated heterocycles. The van der Waals surface area contributed by atoms with Gasteiger partial charge in [-0.25, -0.2) is 0 Å². The zero-order valence-electron chi connectivity index (χ0n) is 10.9. The lowest BCUT2D eigenvalue weighted by Gasteiger charge is -2.30. The van der Waals surface area contributed by atoms with Crippen molar-refractivity contribution in [2.24, 2.45) is 0 Å². The van der Waals surface area contributed by atoms with Gasteiger partial charge in [0.25, 0.3) is 0 Å². The maximum Gasteiger partial charge on any atom is 0.239 e. The monoisotopic (exact) mass is 252 g/mol. The summed E-state index contributed by atoms with van der Waals surface area (Å²) in [4.78, 5) is 13.9. The summed E-state index contributed by atoms with van der Waals surface area (Å²) >= 11 is 0. The number of nitrogens with zero attached hydrogens (tertiary/aromatic N) is 2. The van der Waals surface area contributed by atoms with Crippen LogP contribution in [0.15, 0.2) is 10.6 Å². The Morgan fingerprint density at radius 2 is 2.56 bits per heavy atom. The fourth-order valence-corrected chi connectivity index (χ4v) is 2.17. The van der Waals surface area contributed by atoms with Crippen molar-refractivity contribution in [3.63, 3.8) is 0 Å². The van der Waals surface area contributed by atoms with Gasteiger partial charge in [0, 0.05) is 18.7 Å². The van der Waals surface area contributed by atoms with Gasteiger partial charge in [-0.05, 0) is 33.4 Å². The lowest BCUT2D eigenvalue weighted by Crippen LogP contribution is -2.46. The molecule has 1 aromatic rings. The van der Waals surface area contributed by atoms with Crippen LogP contribution in [0.4, 0.5) is 5.82 Å². The maximum absolute atomic E-state index is 11.8. The maximum atomic E-state index is 11.8. The van der Waals surface area contributed by atoms with Crippen molar-refractivity contribution in [1.29, 1.82) is 0 Å². The number of piperidine rings is 1. The molecule has 0 bridgehead atoms. The minimum absolute atomic E-state index is 0.0589. The van der Waals surface area contributed by atoms with Gasteiger partial charge in [0.1, 0.15) is 5.76 Å². The molecule has 1 amide bonds. The summed E-state index contributed by atoms with van der Waals surface area (Å²) < 4.78 is 4.90. The van der Waals surface area contributed by atoms with Crippen molar-refractivity contribution >= 4 is 11.7 Å². The van der Waals surface area contributed by atoms with Gasteiger partial charge >= 0.3 is 0 Å². The lowest BCUT2D eigenvalue weighted by atomic mass is 10.1. The van der Waals surface area contributed by atoms with E-state index in [4.69, 9.17) is 4.52 Å². The number of hydrogen-bond donors (Lipinski definition) is 2. The van der Waals surface area contributed by atoms with Crippen molar-refractivity contribution in [3.8, 4) is 0 Å². The number of carbonyl (C=O) groups is 1. The van der Waals surface area contributed by atoms with E-state index in [0.29, 0.717) is 24.2 Å². The van der Waals surface area contributed by atoms with E-state index in [-0.39, 0.29) is 5.91 Å². The van der Waals surface area contributed by atoms with Gasteiger partial charge in [-0.3, -0.25) is 9.69 Å². The van der Waals surface area contributed by atoms with Gasteiger partial charge in [0.05, 0.1) is 6.54 Å². The molecule has 2 rings (SSSR count). The Hall–Kier alpha value is -1.40. The van der Waals surface area contributed by atoms with Crippen LogP contribution < -0.4 is 10.6 Å². The molecular formula is C12H20N4O2. The van der Waals surface area contributed by atoms with Crippen molar-refractivity contribution in [2.75, 3.05) is 32.0 Å². The minimum atomic E-state index is -0.0589. The predicted molar refractivity (Wildman–Crippen MR) is 68.4 cm³/mol. The van der Waals surface area contributed by atoms with Crippen molar-refractivity contribution in [3.05, 3.63) is 11.8 Å². The van der Waals surface area contributed by atoms with Crippen LogP contribution >= 0.6 is 0 Å². The van der Waals surface area contributed by atoms with Gasteiger partial charge in [-0.2, -0.15) is 0 Å². The molecule has 0 aliphatic carbocycles. The van der Waals surface area contributed by atoms with E-state index in [1.807, 2.05) is 7.05 Å². The zero-order chi connectivity index (χ0) is 13.0. The molecule has 1 unspecified atom stereocenters. The molecule has 2 heterocycles. The second kappa shape index (κ2) is 5.97. The molecule has 1 aliphatic rings. The van der Waals surface area contributed by atoms with E-state index < -0.39 is 0 Å². The zero-order valence-corrected chi connectivity index (χ0v) is 10.9. The van der Waals surface area contributed by atoms with E-state index in [9.17, 15) is 4.79 Å². The normalized spacial score (nSPS) is 20.1. The average Bonchev–Trinajstić information content (AvgIpc) is 2.75. The Morgan fingerprint density at radius 3 is 3.17 bits per heavy atom. The summed E-state index contributed by atoms with van der Waals surface area (Å²) in [5.41, 5.74) is 0. The van der Waals surface area contributed by atoms with Crippen LogP contribution in [0, 0.1) is 6.92 Å². The number of carbonyl (C=O) groups excluding carboxylic acids is 1. The molecule has 0 aromatic carbocycles. The first-order chi connectivity index (χ1) is 8.65. The number of aryl methyl sites for hydroxylation is 1. The number of rotatable bonds is 4. The highest BCUT2D eigenvalue weighted by Gasteiger charge is 2.19. The Kier molecular flexibility index (Phi) is 4.33. The first-order valence-corrected chi connectivity index (χ1v) is 6.29. The van der Waals surface area contributed by atoms with Crippen molar-refractivity contribution in [1.82, 2.24) is 15.4 Å². The van der Waals surface area contributed by atoms with Crippen LogP contribution in [-0.2, 0) is 4.79 Å². The molecule has 1 atom stereocenters. The Labute approximate surface area is 107 Å². The minimum Gasteiger partial charge on any atom is -0.360 e. The topological polar surface area (TPSA) is 70.4 Å². The molecule has 100 valence electrons.